The van der Waals surface area contributed by atoms with Crippen LogP contribution in [-0.4, -0.2) is 49.9 Å². The Morgan fingerprint density at radius 2 is 2.00 bits per heavy atom. The van der Waals surface area contributed by atoms with Gasteiger partial charge in [0.25, 0.3) is 0 Å². The molecule has 12 heteroatoms. The number of rotatable bonds is 10. The first-order chi connectivity index (χ1) is 13.3. The van der Waals surface area contributed by atoms with Gasteiger partial charge in [0, 0.05) is 25.6 Å². The van der Waals surface area contributed by atoms with Gasteiger partial charge in [-0.1, -0.05) is 0 Å². The molecule has 154 valence electrons. The Balaban J connectivity index is 1.89. The Labute approximate surface area is 168 Å². The normalized spacial score (nSPS) is 11.2. The van der Waals surface area contributed by atoms with Gasteiger partial charge in [0.2, 0.25) is 15.9 Å². The molecule has 2 rings (SSSR count). The molecule has 1 aromatic carbocycles. The number of hydrogen-bond donors (Lipinski definition) is 3. The van der Waals surface area contributed by atoms with Crippen LogP contribution in [0.3, 0.4) is 0 Å². The van der Waals surface area contributed by atoms with Gasteiger partial charge >= 0.3 is 0 Å². The lowest BCUT2D eigenvalue weighted by Gasteiger charge is -2.11. The number of nitrogens with zero attached hydrogens (tertiary/aromatic N) is 2. The van der Waals surface area contributed by atoms with Crippen molar-refractivity contribution in [1.29, 1.82) is 0 Å². The number of benzene rings is 1. The molecule has 3 N–H and O–H groups in total. The lowest BCUT2D eigenvalue weighted by Crippen LogP contribution is -2.31. The third-order valence-electron chi connectivity index (χ3n) is 3.91. The summed E-state index contributed by atoms with van der Waals surface area (Å²) in [6, 6.07) is 4.26. The summed E-state index contributed by atoms with van der Waals surface area (Å²) in [6.45, 7) is 2.69. The smallest absolute Gasteiger partial charge is 0.240 e. The van der Waals surface area contributed by atoms with Gasteiger partial charge in [-0.3, -0.25) is 9.89 Å². The number of hydrogen-bond acceptors (Lipinski definition) is 7. The molecule has 0 unspecified atom stereocenters. The van der Waals surface area contributed by atoms with E-state index < -0.39 is 10.0 Å². The van der Waals surface area contributed by atoms with Gasteiger partial charge in [0.1, 0.15) is 0 Å². The molecule has 0 atom stereocenters. The van der Waals surface area contributed by atoms with Crippen molar-refractivity contribution in [3.63, 3.8) is 0 Å². The van der Waals surface area contributed by atoms with E-state index in [2.05, 4.69) is 20.2 Å². The number of H-pyrrole nitrogens is 1. The van der Waals surface area contributed by atoms with Crippen molar-refractivity contribution in [1.82, 2.24) is 24.8 Å². The Hall–Kier alpha value is -2.44. The monoisotopic (exact) mass is 429 g/mol. The summed E-state index contributed by atoms with van der Waals surface area (Å²) in [4.78, 5) is 12.0. The lowest BCUT2D eigenvalue weighted by molar-refractivity contribution is -0.121. The molecule has 0 spiro atoms. The molecule has 0 aliphatic carbocycles. The summed E-state index contributed by atoms with van der Waals surface area (Å²) in [5.74, 6) is 1.01. The quantitative estimate of drug-likeness (QED) is 0.480. The molecule has 1 amide bonds. The first-order valence-electron chi connectivity index (χ1n) is 8.44. The van der Waals surface area contributed by atoms with Crippen molar-refractivity contribution >= 4 is 28.1 Å². The molecule has 10 nitrogen and oxygen atoms in total. The van der Waals surface area contributed by atoms with Crippen LogP contribution in [0.2, 0.25) is 0 Å². The predicted molar refractivity (Wildman–Crippen MR) is 104 cm³/mol. The number of methoxy groups -OCH3 is 2. The number of aromatic amines is 1. The number of aromatic nitrogens is 3. The molecule has 0 saturated heterocycles. The maximum absolute atomic E-state index is 12.4. The van der Waals surface area contributed by atoms with E-state index in [1.807, 2.05) is 6.92 Å². The molecule has 1 heterocycles. The van der Waals surface area contributed by atoms with Crippen LogP contribution in [0.15, 0.2) is 23.1 Å². The Morgan fingerprint density at radius 1 is 1.29 bits per heavy atom. The van der Waals surface area contributed by atoms with Crippen LogP contribution < -0.4 is 19.5 Å². The van der Waals surface area contributed by atoms with E-state index in [1.54, 1.807) is 4.57 Å². The van der Waals surface area contributed by atoms with E-state index in [0.29, 0.717) is 28.6 Å². The zero-order chi connectivity index (χ0) is 20.7. The highest BCUT2D eigenvalue weighted by molar-refractivity contribution is 7.89. The van der Waals surface area contributed by atoms with Gasteiger partial charge < -0.3 is 19.4 Å². The number of carbonyl (C=O) groups is 1. The maximum Gasteiger partial charge on any atom is 0.240 e. The van der Waals surface area contributed by atoms with Gasteiger partial charge in [-0.25, -0.2) is 13.1 Å². The topological polar surface area (TPSA) is 127 Å². The number of ether oxygens (including phenoxy) is 2. The number of amides is 1. The van der Waals surface area contributed by atoms with Crippen LogP contribution in [0.4, 0.5) is 0 Å². The SMILES string of the molecule is CCn1c(CNC(=O)CCNS(=O)(=O)c2ccc(OC)c(OC)c2)n[nH]c1=S. The van der Waals surface area contributed by atoms with Crippen LogP contribution in [0.25, 0.3) is 0 Å². The molecule has 1 aromatic heterocycles. The summed E-state index contributed by atoms with van der Waals surface area (Å²) < 4.78 is 39.6. The summed E-state index contributed by atoms with van der Waals surface area (Å²) >= 11 is 5.08. The van der Waals surface area contributed by atoms with Crippen LogP contribution in [-0.2, 0) is 27.9 Å². The van der Waals surface area contributed by atoms with E-state index in [-0.39, 0.29) is 30.3 Å². The Kier molecular flexibility index (Phi) is 7.54. The zero-order valence-electron chi connectivity index (χ0n) is 15.8. The highest BCUT2D eigenvalue weighted by Crippen LogP contribution is 2.29. The molecule has 28 heavy (non-hydrogen) atoms. The second-order valence-electron chi connectivity index (χ2n) is 5.63. The average Bonchev–Trinajstić information content (AvgIpc) is 3.05. The van der Waals surface area contributed by atoms with E-state index in [0.717, 1.165) is 0 Å². The zero-order valence-corrected chi connectivity index (χ0v) is 17.4. The van der Waals surface area contributed by atoms with Crippen molar-refractivity contribution in [2.24, 2.45) is 0 Å². The predicted octanol–water partition coefficient (Wildman–Crippen LogP) is 0.963. The first-order valence-corrected chi connectivity index (χ1v) is 10.3. The Morgan fingerprint density at radius 3 is 2.64 bits per heavy atom. The largest absolute Gasteiger partial charge is 0.493 e. The molecule has 0 saturated carbocycles. The minimum absolute atomic E-state index is 0.0176. The van der Waals surface area contributed by atoms with Gasteiger partial charge in [0.15, 0.2) is 22.1 Å². The highest BCUT2D eigenvalue weighted by Gasteiger charge is 2.17. The second kappa shape index (κ2) is 9.66. The summed E-state index contributed by atoms with van der Waals surface area (Å²) in [5.41, 5.74) is 0. The molecule has 0 radical (unpaired) electrons. The standard InChI is InChI=1S/C16H23N5O5S2/c1-4-21-14(19-20-16(21)27)10-17-15(22)7-8-18-28(23,24)11-5-6-12(25-2)13(9-11)26-3/h5-6,9,18H,4,7-8,10H2,1-3H3,(H,17,22)(H,20,27). The van der Waals surface area contributed by atoms with E-state index in [1.165, 1.54) is 32.4 Å². The van der Waals surface area contributed by atoms with Crippen LogP contribution >= 0.6 is 12.2 Å². The molecule has 0 aliphatic heterocycles. The molecular weight excluding hydrogens is 406 g/mol. The maximum atomic E-state index is 12.4. The summed E-state index contributed by atoms with van der Waals surface area (Å²) in [7, 11) is -0.908. The molecule has 2 aromatic rings. The third kappa shape index (κ3) is 5.30. The number of sulfonamides is 1. The fourth-order valence-electron chi connectivity index (χ4n) is 2.44. The van der Waals surface area contributed by atoms with Crippen molar-refractivity contribution in [3.05, 3.63) is 28.8 Å². The third-order valence-corrected chi connectivity index (χ3v) is 5.68. The molecular formula is C16H23N5O5S2. The van der Waals surface area contributed by atoms with Crippen molar-refractivity contribution < 1.29 is 22.7 Å². The van der Waals surface area contributed by atoms with Crippen LogP contribution in [0, 0.1) is 4.77 Å². The highest BCUT2D eigenvalue weighted by atomic mass is 32.2. The number of carbonyl (C=O) groups excluding carboxylic acids is 1. The first kappa shape index (κ1) is 21.9. The molecule has 0 fully saturated rings. The van der Waals surface area contributed by atoms with Crippen LogP contribution in [0.1, 0.15) is 19.2 Å². The molecule has 0 bridgehead atoms. The van der Waals surface area contributed by atoms with E-state index in [4.69, 9.17) is 21.7 Å². The van der Waals surface area contributed by atoms with Gasteiger partial charge in [-0.05, 0) is 31.3 Å². The van der Waals surface area contributed by atoms with Crippen molar-refractivity contribution in [3.8, 4) is 11.5 Å². The summed E-state index contributed by atoms with van der Waals surface area (Å²) in [6.07, 6.45) is -0.0240. The second-order valence-corrected chi connectivity index (χ2v) is 7.78. The minimum Gasteiger partial charge on any atom is -0.493 e. The van der Waals surface area contributed by atoms with Gasteiger partial charge in [0.05, 0.1) is 25.7 Å². The fraction of sp³-hybridized carbons (Fsp3) is 0.438. The summed E-state index contributed by atoms with van der Waals surface area (Å²) in [5, 5.41) is 9.40. The minimum atomic E-state index is -3.79. The van der Waals surface area contributed by atoms with Crippen LogP contribution in [0.5, 0.6) is 11.5 Å². The fourth-order valence-corrected chi connectivity index (χ4v) is 3.77. The number of nitrogens with one attached hydrogen (secondary N) is 3. The lowest BCUT2D eigenvalue weighted by atomic mass is 10.3. The van der Waals surface area contributed by atoms with Crippen molar-refractivity contribution in [2.45, 2.75) is 31.3 Å². The Bertz CT molecular complexity index is 984. The van der Waals surface area contributed by atoms with E-state index in [9.17, 15) is 13.2 Å². The molecule has 0 aliphatic rings. The average molecular weight is 430 g/mol. The van der Waals surface area contributed by atoms with E-state index >= 15 is 0 Å². The van der Waals surface area contributed by atoms with Gasteiger partial charge in [-0.2, -0.15) is 5.10 Å². The van der Waals surface area contributed by atoms with Crippen molar-refractivity contribution in [2.75, 3.05) is 20.8 Å². The van der Waals surface area contributed by atoms with Gasteiger partial charge in [-0.15, -0.1) is 0 Å².